The van der Waals surface area contributed by atoms with Crippen molar-refractivity contribution in [2.45, 2.75) is 18.9 Å². The number of methoxy groups -OCH3 is 1. The van der Waals surface area contributed by atoms with E-state index in [4.69, 9.17) is 14.2 Å². The summed E-state index contributed by atoms with van der Waals surface area (Å²) in [6.45, 7) is 5.25. The average molecular weight is 449 g/mol. The molecule has 0 bridgehead atoms. The predicted molar refractivity (Wildman–Crippen MR) is 126 cm³/mol. The number of hydrogen-bond acceptors (Lipinski definition) is 6. The maximum absolute atomic E-state index is 13.0. The van der Waals surface area contributed by atoms with Gasteiger partial charge < -0.3 is 24.8 Å². The lowest BCUT2D eigenvalue weighted by molar-refractivity contribution is 0.159. The summed E-state index contributed by atoms with van der Waals surface area (Å²) in [5, 5.41) is 7.08. The quantitative estimate of drug-likeness (QED) is 0.600. The van der Waals surface area contributed by atoms with Crippen LogP contribution in [0, 0.1) is 6.92 Å². The molecule has 33 heavy (non-hydrogen) atoms. The number of aryl methyl sites for hydroxylation is 1. The Morgan fingerprint density at radius 3 is 2.73 bits per heavy atom. The lowest BCUT2D eigenvalue weighted by Gasteiger charge is -2.21. The second-order valence-corrected chi connectivity index (χ2v) is 8.49. The normalized spacial score (nSPS) is 19.7. The van der Waals surface area contributed by atoms with E-state index < -0.39 is 0 Å². The lowest BCUT2D eigenvalue weighted by atomic mass is 9.94. The van der Waals surface area contributed by atoms with E-state index in [-0.39, 0.29) is 24.8 Å². The summed E-state index contributed by atoms with van der Waals surface area (Å²) >= 11 is 0. The maximum Gasteiger partial charge on any atom is 0.319 e. The van der Waals surface area contributed by atoms with E-state index in [1.807, 2.05) is 43.3 Å². The molecule has 1 saturated heterocycles. The zero-order chi connectivity index (χ0) is 22.8. The van der Waals surface area contributed by atoms with Crippen LogP contribution in [0.15, 0.2) is 48.5 Å². The van der Waals surface area contributed by atoms with Crippen molar-refractivity contribution in [1.29, 1.82) is 0 Å². The molecule has 0 unspecified atom stereocenters. The fourth-order valence-corrected chi connectivity index (χ4v) is 4.59. The minimum atomic E-state index is -0.237. The number of nitrogens with zero attached hydrogens (tertiary/aromatic N) is 2. The van der Waals surface area contributed by atoms with Crippen LogP contribution in [-0.4, -0.2) is 62.1 Å². The van der Waals surface area contributed by atoms with Gasteiger partial charge in [-0.1, -0.05) is 30.3 Å². The first-order valence-corrected chi connectivity index (χ1v) is 11.2. The lowest BCUT2D eigenvalue weighted by Crippen LogP contribution is -2.42. The van der Waals surface area contributed by atoms with Crippen molar-refractivity contribution in [2.75, 3.05) is 45.5 Å². The van der Waals surface area contributed by atoms with Gasteiger partial charge in [-0.25, -0.2) is 4.79 Å². The van der Waals surface area contributed by atoms with Gasteiger partial charge in [0.25, 0.3) is 0 Å². The van der Waals surface area contributed by atoms with E-state index in [9.17, 15) is 4.79 Å². The maximum atomic E-state index is 13.0. The smallest absolute Gasteiger partial charge is 0.319 e. The minimum Gasteiger partial charge on any atom is -0.454 e. The van der Waals surface area contributed by atoms with Gasteiger partial charge in [0.1, 0.15) is 0 Å². The molecule has 2 aromatic carbocycles. The molecule has 2 aliphatic rings. The molecule has 0 aliphatic carbocycles. The van der Waals surface area contributed by atoms with Gasteiger partial charge in [0.15, 0.2) is 11.5 Å². The molecule has 3 aromatic rings. The molecule has 2 amide bonds. The second-order valence-electron chi connectivity index (χ2n) is 8.49. The van der Waals surface area contributed by atoms with Crippen molar-refractivity contribution in [3.05, 3.63) is 59.8 Å². The van der Waals surface area contributed by atoms with E-state index in [0.717, 1.165) is 36.2 Å². The topological polar surface area (TPSA) is 85.0 Å². The Balaban J connectivity index is 1.32. The molecule has 2 atom stereocenters. The van der Waals surface area contributed by atoms with Crippen molar-refractivity contribution >= 4 is 22.6 Å². The summed E-state index contributed by atoms with van der Waals surface area (Å²) in [6.07, 6.45) is 0. The van der Waals surface area contributed by atoms with Crippen LogP contribution >= 0.6 is 0 Å². The van der Waals surface area contributed by atoms with Gasteiger partial charge in [-0.05, 0) is 24.6 Å². The third-order valence-corrected chi connectivity index (χ3v) is 6.30. The van der Waals surface area contributed by atoms with E-state index >= 15 is 0 Å². The molecule has 2 aliphatic heterocycles. The second kappa shape index (κ2) is 9.25. The average Bonchev–Trinajstić information content (AvgIpc) is 3.43. The molecule has 8 heteroatoms. The van der Waals surface area contributed by atoms with Crippen molar-refractivity contribution in [3.63, 3.8) is 0 Å². The van der Waals surface area contributed by atoms with Gasteiger partial charge in [-0.2, -0.15) is 0 Å². The summed E-state index contributed by atoms with van der Waals surface area (Å²) < 4.78 is 16.2. The summed E-state index contributed by atoms with van der Waals surface area (Å²) in [5.41, 5.74) is 3.44. The van der Waals surface area contributed by atoms with Gasteiger partial charge in [-0.15, -0.1) is 0 Å². The summed E-state index contributed by atoms with van der Waals surface area (Å²) in [5.74, 6) is 1.60. The van der Waals surface area contributed by atoms with Crippen molar-refractivity contribution < 1.29 is 19.0 Å². The fourth-order valence-electron chi connectivity index (χ4n) is 4.59. The monoisotopic (exact) mass is 448 g/mol. The summed E-state index contributed by atoms with van der Waals surface area (Å²) in [6, 6.07) is 15.8. The first kappa shape index (κ1) is 21.5. The number of rotatable bonds is 6. The Hall–Kier alpha value is -3.36. The molecule has 1 fully saturated rings. The molecule has 0 spiro atoms. The first-order chi connectivity index (χ1) is 16.1. The van der Waals surface area contributed by atoms with Crippen LogP contribution in [0.2, 0.25) is 0 Å². The highest BCUT2D eigenvalue weighted by molar-refractivity contribution is 5.94. The van der Waals surface area contributed by atoms with E-state index in [1.165, 1.54) is 5.56 Å². The predicted octanol–water partition coefficient (Wildman–Crippen LogP) is 3.51. The highest BCUT2D eigenvalue weighted by atomic mass is 16.7. The van der Waals surface area contributed by atoms with E-state index in [0.29, 0.717) is 23.8 Å². The SMILES string of the molecule is COCCN1C[C@@H](NC(=O)Nc2cc3cc4c(cc3nc2C)OCO4)[C@H](c2ccccc2)C1. The molecular weight excluding hydrogens is 420 g/mol. The summed E-state index contributed by atoms with van der Waals surface area (Å²) in [7, 11) is 1.71. The number of amides is 2. The van der Waals surface area contributed by atoms with Crippen molar-refractivity contribution in [2.24, 2.45) is 0 Å². The largest absolute Gasteiger partial charge is 0.454 e. The van der Waals surface area contributed by atoms with Crippen LogP contribution in [0.25, 0.3) is 10.9 Å². The van der Waals surface area contributed by atoms with Gasteiger partial charge in [0.05, 0.1) is 29.5 Å². The van der Waals surface area contributed by atoms with Crippen LogP contribution in [0.5, 0.6) is 11.5 Å². The third kappa shape index (κ3) is 4.58. The molecular formula is C25H28N4O4. The highest BCUT2D eigenvalue weighted by Crippen LogP contribution is 2.36. The number of likely N-dealkylation sites (tertiary alicyclic amines) is 1. The number of anilines is 1. The van der Waals surface area contributed by atoms with Gasteiger partial charge in [0.2, 0.25) is 6.79 Å². The summed E-state index contributed by atoms with van der Waals surface area (Å²) in [4.78, 5) is 20.0. The number of benzene rings is 2. The van der Waals surface area contributed by atoms with Gasteiger partial charge in [0, 0.05) is 44.1 Å². The number of pyridine rings is 1. The van der Waals surface area contributed by atoms with Gasteiger partial charge in [-0.3, -0.25) is 9.88 Å². The van der Waals surface area contributed by atoms with Crippen molar-refractivity contribution in [1.82, 2.24) is 15.2 Å². The first-order valence-electron chi connectivity index (χ1n) is 11.2. The number of carbonyl (C=O) groups excluding carboxylic acids is 1. The number of aromatic nitrogens is 1. The molecule has 0 saturated carbocycles. The Kier molecular flexibility index (Phi) is 6.02. The van der Waals surface area contributed by atoms with Gasteiger partial charge >= 0.3 is 6.03 Å². The third-order valence-electron chi connectivity index (χ3n) is 6.30. The Morgan fingerprint density at radius 2 is 1.94 bits per heavy atom. The van der Waals surface area contributed by atoms with Crippen LogP contribution in [0.1, 0.15) is 17.2 Å². The molecule has 172 valence electrons. The molecule has 8 nitrogen and oxygen atoms in total. The number of urea groups is 1. The van der Waals surface area contributed by atoms with Crippen molar-refractivity contribution in [3.8, 4) is 11.5 Å². The number of fused-ring (bicyclic) bond motifs is 2. The molecule has 3 heterocycles. The van der Waals surface area contributed by atoms with E-state index in [2.05, 4.69) is 32.7 Å². The Labute approximate surface area is 192 Å². The minimum absolute atomic E-state index is 0.00760. The van der Waals surface area contributed by atoms with Crippen LogP contribution < -0.4 is 20.1 Å². The van der Waals surface area contributed by atoms with Crippen LogP contribution in [-0.2, 0) is 4.74 Å². The molecule has 1 aromatic heterocycles. The van der Waals surface area contributed by atoms with Crippen LogP contribution in [0.4, 0.5) is 10.5 Å². The molecule has 5 rings (SSSR count). The highest BCUT2D eigenvalue weighted by Gasteiger charge is 2.34. The Morgan fingerprint density at radius 1 is 1.15 bits per heavy atom. The molecule has 0 radical (unpaired) electrons. The standard InChI is InChI=1S/C25H28N4O4/c1-16-20(10-18-11-23-24(33-15-32-23)12-21(18)26-16)27-25(30)28-22-14-29(8-9-31-2)13-19(22)17-6-4-3-5-7-17/h3-7,10-12,19,22H,8-9,13-15H2,1-2H3,(H2,27,28,30)/t19-,22+/m0/s1. The number of ether oxygens (including phenoxy) is 3. The zero-order valence-corrected chi connectivity index (χ0v) is 18.8. The number of nitrogens with one attached hydrogen (secondary N) is 2. The fraction of sp³-hybridized carbons (Fsp3) is 0.360. The number of carbonyl (C=O) groups is 1. The van der Waals surface area contributed by atoms with Crippen LogP contribution in [0.3, 0.4) is 0 Å². The van der Waals surface area contributed by atoms with E-state index in [1.54, 1.807) is 7.11 Å². The Bertz CT molecular complexity index is 1150. The number of hydrogen-bond donors (Lipinski definition) is 2. The molecule has 2 N–H and O–H groups in total. The zero-order valence-electron chi connectivity index (χ0n) is 18.8.